The minimum Gasteiger partial charge on any atom is -0.478 e. The summed E-state index contributed by atoms with van der Waals surface area (Å²) in [5.74, 6) is -2.37. The van der Waals surface area contributed by atoms with Crippen LogP contribution < -0.4 is 5.73 Å². The summed E-state index contributed by atoms with van der Waals surface area (Å²) >= 11 is 0. The summed E-state index contributed by atoms with van der Waals surface area (Å²) in [4.78, 5) is 25.5. The van der Waals surface area contributed by atoms with Crippen molar-refractivity contribution in [3.63, 3.8) is 0 Å². The van der Waals surface area contributed by atoms with Crippen LogP contribution in [0.3, 0.4) is 0 Å². The molecule has 0 saturated carbocycles. The number of primary amides is 1. The van der Waals surface area contributed by atoms with Gasteiger partial charge >= 0.3 is 5.97 Å². The van der Waals surface area contributed by atoms with Gasteiger partial charge in [0.25, 0.3) is 0 Å². The topological polar surface area (TPSA) is 83.6 Å². The van der Waals surface area contributed by atoms with Crippen molar-refractivity contribution in [1.29, 1.82) is 0 Å². The normalized spacial score (nSPS) is 16.8. The van der Waals surface area contributed by atoms with Crippen LogP contribution in [0.1, 0.15) is 17.0 Å². The van der Waals surface area contributed by atoms with E-state index in [1.54, 1.807) is 29.4 Å². The predicted octanol–water partition coefficient (Wildman–Crippen LogP) is 2.62. The van der Waals surface area contributed by atoms with Crippen molar-refractivity contribution in [1.82, 2.24) is 4.90 Å². The standard InChI is InChI=1S/C20H18N2O3/c21-19(23)16-12-22(11-14-7-3-1-4-8-14)13-17(20(24)25)18(16)15-9-5-2-6-10-15/h1-10,12-13,18H,11H2,(H2,21,23)(H,24,25). The minimum atomic E-state index is -1.07. The minimum absolute atomic E-state index is 0.124. The summed E-state index contributed by atoms with van der Waals surface area (Å²) in [5, 5.41) is 9.68. The molecule has 126 valence electrons. The van der Waals surface area contributed by atoms with Crippen LogP contribution in [0.4, 0.5) is 0 Å². The third-order valence-corrected chi connectivity index (χ3v) is 4.10. The summed E-state index contributed by atoms with van der Waals surface area (Å²) in [5.41, 5.74) is 7.67. The van der Waals surface area contributed by atoms with Gasteiger partial charge in [0.2, 0.25) is 5.91 Å². The van der Waals surface area contributed by atoms with Crippen LogP contribution >= 0.6 is 0 Å². The number of hydrogen-bond donors (Lipinski definition) is 2. The lowest BCUT2D eigenvalue weighted by Gasteiger charge is -2.29. The number of amides is 1. The highest BCUT2D eigenvalue weighted by Gasteiger charge is 2.32. The maximum Gasteiger partial charge on any atom is 0.334 e. The molecule has 25 heavy (non-hydrogen) atoms. The van der Waals surface area contributed by atoms with Gasteiger partial charge in [0, 0.05) is 30.4 Å². The molecule has 1 unspecified atom stereocenters. The maximum absolute atomic E-state index is 12.0. The lowest BCUT2D eigenvalue weighted by atomic mass is 9.83. The van der Waals surface area contributed by atoms with Crippen molar-refractivity contribution in [2.45, 2.75) is 12.5 Å². The van der Waals surface area contributed by atoms with Crippen LogP contribution in [-0.4, -0.2) is 21.9 Å². The molecule has 2 aromatic rings. The Morgan fingerprint density at radius 1 is 0.920 bits per heavy atom. The van der Waals surface area contributed by atoms with Gasteiger partial charge in [-0.15, -0.1) is 0 Å². The summed E-state index contributed by atoms with van der Waals surface area (Å²) in [6.07, 6.45) is 3.21. The first kappa shape index (κ1) is 16.5. The number of carbonyl (C=O) groups excluding carboxylic acids is 1. The van der Waals surface area contributed by atoms with Crippen LogP contribution in [0.2, 0.25) is 0 Å². The Bertz CT molecular complexity index is 810. The zero-order chi connectivity index (χ0) is 17.8. The average Bonchev–Trinajstić information content (AvgIpc) is 2.62. The fraction of sp³-hybridized carbons (Fsp3) is 0.100. The van der Waals surface area contributed by atoms with Crippen molar-refractivity contribution in [3.8, 4) is 0 Å². The number of carboxylic acid groups (broad SMARTS) is 1. The van der Waals surface area contributed by atoms with Crippen molar-refractivity contribution >= 4 is 11.9 Å². The second-order valence-electron chi connectivity index (χ2n) is 5.84. The van der Waals surface area contributed by atoms with E-state index < -0.39 is 17.8 Å². The average molecular weight is 334 g/mol. The molecule has 3 rings (SSSR count). The number of nitrogens with zero attached hydrogens (tertiary/aromatic N) is 1. The molecule has 0 fully saturated rings. The van der Waals surface area contributed by atoms with Crippen LogP contribution in [0, 0.1) is 0 Å². The van der Waals surface area contributed by atoms with E-state index in [0.717, 1.165) is 11.1 Å². The number of rotatable bonds is 5. The van der Waals surface area contributed by atoms with Crippen molar-refractivity contribution in [2.75, 3.05) is 0 Å². The molecule has 0 aliphatic carbocycles. The Morgan fingerprint density at radius 3 is 2.04 bits per heavy atom. The van der Waals surface area contributed by atoms with E-state index in [-0.39, 0.29) is 11.1 Å². The van der Waals surface area contributed by atoms with Gasteiger partial charge in [-0.2, -0.15) is 0 Å². The molecule has 0 aromatic heterocycles. The van der Waals surface area contributed by atoms with Gasteiger partial charge < -0.3 is 15.7 Å². The molecular weight excluding hydrogens is 316 g/mol. The van der Waals surface area contributed by atoms with E-state index in [0.29, 0.717) is 6.54 Å². The predicted molar refractivity (Wildman–Crippen MR) is 94.2 cm³/mol. The number of hydrogen-bond acceptors (Lipinski definition) is 3. The third-order valence-electron chi connectivity index (χ3n) is 4.10. The van der Waals surface area contributed by atoms with E-state index in [9.17, 15) is 14.7 Å². The molecule has 0 bridgehead atoms. The molecule has 0 radical (unpaired) electrons. The lowest BCUT2D eigenvalue weighted by molar-refractivity contribution is -0.133. The van der Waals surface area contributed by atoms with E-state index >= 15 is 0 Å². The molecule has 5 heteroatoms. The van der Waals surface area contributed by atoms with E-state index in [1.165, 1.54) is 0 Å². The highest BCUT2D eigenvalue weighted by Crippen LogP contribution is 2.36. The number of carboxylic acids is 1. The second kappa shape index (κ2) is 7.05. The molecule has 0 spiro atoms. The Labute approximate surface area is 145 Å². The highest BCUT2D eigenvalue weighted by atomic mass is 16.4. The number of benzene rings is 2. The second-order valence-corrected chi connectivity index (χ2v) is 5.84. The first-order valence-electron chi connectivity index (χ1n) is 7.87. The van der Waals surface area contributed by atoms with Gasteiger partial charge in [-0.3, -0.25) is 4.79 Å². The van der Waals surface area contributed by atoms with E-state index in [1.807, 2.05) is 48.5 Å². The number of nitrogens with two attached hydrogens (primary N) is 1. The van der Waals surface area contributed by atoms with E-state index in [4.69, 9.17) is 5.73 Å². The maximum atomic E-state index is 12.0. The van der Waals surface area contributed by atoms with Crippen molar-refractivity contribution in [3.05, 3.63) is 95.3 Å². The molecule has 3 N–H and O–H groups in total. The Morgan fingerprint density at radius 2 is 1.48 bits per heavy atom. The lowest BCUT2D eigenvalue weighted by Crippen LogP contribution is -2.30. The first-order valence-corrected chi connectivity index (χ1v) is 7.87. The first-order chi connectivity index (χ1) is 12.1. The fourth-order valence-corrected chi connectivity index (χ4v) is 2.99. The molecule has 1 heterocycles. The molecule has 1 atom stereocenters. The van der Waals surface area contributed by atoms with Crippen molar-refractivity contribution < 1.29 is 14.7 Å². The van der Waals surface area contributed by atoms with Crippen LogP contribution in [0.15, 0.2) is 84.2 Å². The number of aliphatic carboxylic acids is 1. The molecule has 1 amide bonds. The van der Waals surface area contributed by atoms with E-state index in [2.05, 4.69) is 0 Å². The van der Waals surface area contributed by atoms with Crippen LogP contribution in [0.25, 0.3) is 0 Å². The summed E-state index contributed by atoms with van der Waals surface area (Å²) in [6, 6.07) is 18.7. The summed E-state index contributed by atoms with van der Waals surface area (Å²) < 4.78 is 0. The molecule has 1 aliphatic rings. The molecule has 0 saturated heterocycles. The van der Waals surface area contributed by atoms with Crippen LogP contribution in [0.5, 0.6) is 0 Å². The fourth-order valence-electron chi connectivity index (χ4n) is 2.99. The van der Waals surface area contributed by atoms with Gasteiger partial charge in [0.15, 0.2) is 0 Å². The molecule has 5 nitrogen and oxygen atoms in total. The Balaban J connectivity index is 2.02. The smallest absolute Gasteiger partial charge is 0.334 e. The van der Waals surface area contributed by atoms with Gasteiger partial charge in [0.05, 0.1) is 5.57 Å². The monoisotopic (exact) mass is 334 g/mol. The Kier molecular flexibility index (Phi) is 4.66. The SMILES string of the molecule is NC(=O)C1=CN(Cc2ccccc2)C=C(C(=O)O)C1c1ccccc1. The van der Waals surface area contributed by atoms with Crippen LogP contribution in [-0.2, 0) is 16.1 Å². The zero-order valence-electron chi connectivity index (χ0n) is 13.5. The molecule has 1 aliphatic heterocycles. The van der Waals surface area contributed by atoms with Gasteiger partial charge in [-0.1, -0.05) is 60.7 Å². The zero-order valence-corrected chi connectivity index (χ0v) is 13.5. The third kappa shape index (κ3) is 3.61. The largest absolute Gasteiger partial charge is 0.478 e. The summed E-state index contributed by atoms with van der Waals surface area (Å²) in [7, 11) is 0. The molecule has 2 aromatic carbocycles. The number of carbonyl (C=O) groups is 2. The quantitative estimate of drug-likeness (QED) is 0.880. The van der Waals surface area contributed by atoms with Gasteiger partial charge in [-0.05, 0) is 11.1 Å². The van der Waals surface area contributed by atoms with Gasteiger partial charge in [0.1, 0.15) is 0 Å². The summed E-state index contributed by atoms with van der Waals surface area (Å²) in [6.45, 7) is 0.454. The Hall–Kier alpha value is -3.34. The highest BCUT2D eigenvalue weighted by molar-refractivity contribution is 5.99. The molecular formula is C20H18N2O3. The van der Waals surface area contributed by atoms with Crippen molar-refractivity contribution in [2.24, 2.45) is 5.73 Å². The van der Waals surface area contributed by atoms with Gasteiger partial charge in [-0.25, -0.2) is 4.79 Å².